The first kappa shape index (κ1) is 13.6. The Morgan fingerprint density at radius 3 is 2.38 bits per heavy atom. The number of fused-ring (bicyclic) bond motifs is 1. The number of rotatable bonds is 2. The molecular formula is C15H12F3N3. The van der Waals surface area contributed by atoms with Crippen molar-refractivity contribution in [3.8, 4) is 11.4 Å². The first-order chi connectivity index (χ1) is 10.0. The zero-order chi connectivity index (χ0) is 15.1. The quantitative estimate of drug-likeness (QED) is 0.737. The predicted molar refractivity (Wildman–Crippen MR) is 73.9 cm³/mol. The summed E-state index contributed by atoms with van der Waals surface area (Å²) in [5, 5.41) is 0. The Hall–Kier alpha value is -2.34. The van der Waals surface area contributed by atoms with Crippen molar-refractivity contribution in [3.63, 3.8) is 0 Å². The smallest absolute Gasteiger partial charge is 0.194 e. The molecule has 3 nitrogen and oxygen atoms in total. The van der Waals surface area contributed by atoms with E-state index in [1.54, 1.807) is 11.6 Å². The van der Waals surface area contributed by atoms with Crippen molar-refractivity contribution in [2.45, 2.75) is 6.54 Å². The van der Waals surface area contributed by atoms with Gasteiger partial charge in [0, 0.05) is 19.2 Å². The van der Waals surface area contributed by atoms with Gasteiger partial charge in [-0.3, -0.25) is 0 Å². The molecular weight excluding hydrogens is 279 g/mol. The highest BCUT2D eigenvalue weighted by atomic mass is 19.2. The number of hydrogen-bond donors (Lipinski definition) is 1. The van der Waals surface area contributed by atoms with Gasteiger partial charge in [0.15, 0.2) is 17.5 Å². The molecule has 1 heterocycles. The van der Waals surface area contributed by atoms with Crippen LogP contribution in [0.3, 0.4) is 0 Å². The molecule has 0 spiro atoms. The lowest BCUT2D eigenvalue weighted by Gasteiger charge is -2.04. The van der Waals surface area contributed by atoms with Gasteiger partial charge in [-0.05, 0) is 29.8 Å². The molecule has 3 aromatic rings. The minimum atomic E-state index is -1.48. The maximum atomic E-state index is 13.4. The lowest BCUT2D eigenvalue weighted by Crippen LogP contribution is -1.97. The fourth-order valence-electron chi connectivity index (χ4n) is 2.32. The Labute approximate surface area is 118 Å². The highest BCUT2D eigenvalue weighted by Crippen LogP contribution is 2.26. The molecule has 0 bridgehead atoms. The van der Waals surface area contributed by atoms with Crippen molar-refractivity contribution in [2.24, 2.45) is 12.8 Å². The summed E-state index contributed by atoms with van der Waals surface area (Å²) >= 11 is 0. The topological polar surface area (TPSA) is 43.8 Å². The molecule has 0 aliphatic rings. The van der Waals surface area contributed by atoms with E-state index in [1.807, 2.05) is 18.2 Å². The van der Waals surface area contributed by atoms with E-state index in [-0.39, 0.29) is 5.56 Å². The fourth-order valence-corrected chi connectivity index (χ4v) is 2.32. The van der Waals surface area contributed by atoms with E-state index in [0.717, 1.165) is 23.2 Å². The van der Waals surface area contributed by atoms with Gasteiger partial charge in [-0.1, -0.05) is 6.07 Å². The number of halogens is 3. The first-order valence-corrected chi connectivity index (χ1v) is 6.31. The van der Waals surface area contributed by atoms with Crippen LogP contribution in [0.25, 0.3) is 22.4 Å². The summed E-state index contributed by atoms with van der Waals surface area (Å²) in [5.74, 6) is -3.60. The van der Waals surface area contributed by atoms with Crippen LogP contribution in [-0.2, 0) is 13.6 Å². The van der Waals surface area contributed by atoms with Crippen LogP contribution in [0.1, 0.15) is 5.56 Å². The van der Waals surface area contributed by atoms with E-state index < -0.39 is 17.5 Å². The van der Waals surface area contributed by atoms with Crippen LogP contribution in [-0.4, -0.2) is 9.55 Å². The molecule has 108 valence electrons. The SMILES string of the molecule is Cn1c(-c2cc(F)c(F)c(F)c2)nc2cc(CN)ccc21. The van der Waals surface area contributed by atoms with Gasteiger partial charge in [-0.15, -0.1) is 0 Å². The molecule has 0 atom stereocenters. The second-order valence-corrected chi connectivity index (χ2v) is 4.78. The normalized spacial score (nSPS) is 11.3. The minimum absolute atomic E-state index is 0.180. The summed E-state index contributed by atoms with van der Waals surface area (Å²) in [4.78, 5) is 4.35. The highest BCUT2D eigenvalue weighted by molar-refractivity contribution is 5.81. The molecule has 0 aliphatic heterocycles. The predicted octanol–water partition coefficient (Wildman–Crippen LogP) is 3.12. The van der Waals surface area contributed by atoms with Crippen molar-refractivity contribution in [2.75, 3.05) is 0 Å². The third kappa shape index (κ3) is 2.17. The minimum Gasteiger partial charge on any atom is -0.327 e. The Kier molecular flexibility index (Phi) is 3.17. The van der Waals surface area contributed by atoms with Crippen LogP contribution >= 0.6 is 0 Å². The number of aryl methyl sites for hydroxylation is 1. The number of hydrogen-bond acceptors (Lipinski definition) is 2. The number of aromatic nitrogens is 2. The third-order valence-electron chi connectivity index (χ3n) is 3.42. The second kappa shape index (κ2) is 4.89. The van der Waals surface area contributed by atoms with Crippen LogP contribution in [0.15, 0.2) is 30.3 Å². The van der Waals surface area contributed by atoms with Crippen LogP contribution in [0, 0.1) is 17.5 Å². The zero-order valence-corrected chi connectivity index (χ0v) is 11.2. The third-order valence-corrected chi connectivity index (χ3v) is 3.42. The summed E-state index contributed by atoms with van der Waals surface area (Å²) in [6.45, 7) is 0.377. The Morgan fingerprint density at radius 2 is 1.76 bits per heavy atom. The molecule has 3 rings (SSSR count). The monoisotopic (exact) mass is 291 g/mol. The van der Waals surface area contributed by atoms with Crippen LogP contribution in [0.2, 0.25) is 0 Å². The number of imidazole rings is 1. The largest absolute Gasteiger partial charge is 0.327 e. The first-order valence-electron chi connectivity index (χ1n) is 6.31. The molecule has 0 radical (unpaired) electrons. The molecule has 0 amide bonds. The molecule has 1 aromatic heterocycles. The van der Waals surface area contributed by atoms with E-state index in [1.165, 1.54) is 0 Å². The molecule has 6 heteroatoms. The summed E-state index contributed by atoms with van der Waals surface area (Å²) in [5.41, 5.74) is 8.13. The van der Waals surface area contributed by atoms with Gasteiger partial charge < -0.3 is 10.3 Å². The fraction of sp³-hybridized carbons (Fsp3) is 0.133. The van der Waals surface area contributed by atoms with Crippen LogP contribution < -0.4 is 5.73 Å². The van der Waals surface area contributed by atoms with Gasteiger partial charge in [0.05, 0.1) is 11.0 Å². The Balaban J connectivity index is 2.23. The number of nitrogens with two attached hydrogens (primary N) is 1. The van der Waals surface area contributed by atoms with Crippen molar-refractivity contribution >= 4 is 11.0 Å². The average Bonchev–Trinajstić information content (AvgIpc) is 2.80. The summed E-state index contributed by atoms with van der Waals surface area (Å²) in [6, 6.07) is 7.38. The van der Waals surface area contributed by atoms with Crippen molar-refractivity contribution in [1.29, 1.82) is 0 Å². The lowest BCUT2D eigenvalue weighted by atomic mass is 10.2. The lowest BCUT2D eigenvalue weighted by molar-refractivity contribution is 0.447. The van der Waals surface area contributed by atoms with E-state index in [2.05, 4.69) is 4.98 Å². The molecule has 0 aliphatic carbocycles. The molecule has 0 saturated heterocycles. The van der Waals surface area contributed by atoms with Crippen molar-refractivity contribution < 1.29 is 13.2 Å². The molecule has 0 saturated carbocycles. The van der Waals surface area contributed by atoms with Crippen LogP contribution in [0.5, 0.6) is 0 Å². The molecule has 0 unspecified atom stereocenters. The molecule has 2 N–H and O–H groups in total. The van der Waals surface area contributed by atoms with E-state index in [4.69, 9.17) is 5.73 Å². The number of nitrogens with zero attached hydrogens (tertiary/aromatic N) is 2. The summed E-state index contributed by atoms with van der Waals surface area (Å²) in [6.07, 6.45) is 0. The highest BCUT2D eigenvalue weighted by Gasteiger charge is 2.16. The summed E-state index contributed by atoms with van der Waals surface area (Å²) < 4.78 is 41.5. The van der Waals surface area contributed by atoms with E-state index >= 15 is 0 Å². The maximum Gasteiger partial charge on any atom is 0.194 e. The van der Waals surface area contributed by atoms with Crippen molar-refractivity contribution in [3.05, 3.63) is 53.3 Å². The van der Waals surface area contributed by atoms with Gasteiger partial charge in [-0.25, -0.2) is 18.2 Å². The standard InChI is InChI=1S/C15H12F3N3/c1-21-13-3-2-8(7-19)4-12(13)20-15(21)9-5-10(16)14(18)11(17)6-9/h2-6H,7,19H2,1H3. The van der Waals surface area contributed by atoms with E-state index in [9.17, 15) is 13.2 Å². The molecule has 0 fully saturated rings. The van der Waals surface area contributed by atoms with Crippen molar-refractivity contribution in [1.82, 2.24) is 9.55 Å². The van der Waals surface area contributed by atoms with Gasteiger partial charge in [0.25, 0.3) is 0 Å². The maximum absolute atomic E-state index is 13.4. The second-order valence-electron chi connectivity index (χ2n) is 4.78. The van der Waals surface area contributed by atoms with Gasteiger partial charge in [0.1, 0.15) is 5.82 Å². The Morgan fingerprint density at radius 1 is 1.10 bits per heavy atom. The zero-order valence-electron chi connectivity index (χ0n) is 11.2. The average molecular weight is 291 g/mol. The number of benzene rings is 2. The Bertz CT molecular complexity index is 817. The van der Waals surface area contributed by atoms with Gasteiger partial charge in [-0.2, -0.15) is 0 Å². The van der Waals surface area contributed by atoms with Crippen LogP contribution in [0.4, 0.5) is 13.2 Å². The van der Waals surface area contributed by atoms with Gasteiger partial charge in [0.2, 0.25) is 0 Å². The molecule has 2 aromatic carbocycles. The molecule has 21 heavy (non-hydrogen) atoms. The van der Waals surface area contributed by atoms with E-state index in [0.29, 0.717) is 17.9 Å². The van der Waals surface area contributed by atoms with Gasteiger partial charge >= 0.3 is 0 Å². The summed E-state index contributed by atoms with van der Waals surface area (Å²) in [7, 11) is 1.73.